The Kier molecular flexibility index (Phi) is 9.29. The first kappa shape index (κ1) is 40.7. The average molecular weight is 808 g/mol. The Bertz CT molecular complexity index is 2850. The topological polar surface area (TPSA) is 47.0 Å². The van der Waals surface area contributed by atoms with E-state index in [1.165, 1.54) is 72.3 Å². The zero-order valence-corrected chi connectivity index (χ0v) is 38.9. The van der Waals surface area contributed by atoms with Gasteiger partial charge in [-0.15, -0.1) is 0 Å². The van der Waals surface area contributed by atoms with Crippen LogP contribution >= 0.6 is 0 Å². The van der Waals surface area contributed by atoms with Crippen LogP contribution in [-0.2, 0) is 21.2 Å². The van der Waals surface area contributed by atoms with Crippen LogP contribution in [0.3, 0.4) is 0 Å². The standard InChI is InChI=1S/C56H61N3O2/c1-30(2)38-25-39(53-58-51-44-23-32(4)34(6)36(8)49(44)50-37(9)35(7)33(5)24-47(50)56(51,15)61-53)27-43(26-38)60-42-22-31(3)21-41(29-42)59-48-19-18-40(54(10,11)12)28-46(48)55(13,14)45-17-16-20-57-52(45)59/h16-30,51H,1-15H3/t51-,56+/m1/s1. The van der Waals surface area contributed by atoms with E-state index >= 15 is 0 Å². The highest BCUT2D eigenvalue weighted by Gasteiger charge is 2.51. The van der Waals surface area contributed by atoms with Gasteiger partial charge in [0.2, 0.25) is 5.90 Å². The monoisotopic (exact) mass is 807 g/mol. The van der Waals surface area contributed by atoms with Crippen LogP contribution in [0.15, 0.2) is 90.1 Å². The molecule has 0 N–H and O–H groups in total. The van der Waals surface area contributed by atoms with Gasteiger partial charge in [0.15, 0.2) is 5.60 Å². The second kappa shape index (κ2) is 13.9. The summed E-state index contributed by atoms with van der Waals surface area (Å²) < 4.78 is 14.2. The lowest BCUT2D eigenvalue weighted by molar-refractivity contribution is 0.0725. The number of benzene rings is 5. The Morgan fingerprint density at radius 1 is 0.705 bits per heavy atom. The number of fused-ring (bicyclic) bond motifs is 8. The second-order valence-electron chi connectivity index (χ2n) is 20.2. The first-order chi connectivity index (χ1) is 28.7. The smallest absolute Gasteiger partial charge is 0.217 e. The molecule has 0 unspecified atom stereocenters. The number of nitrogens with zero attached hydrogens (tertiary/aromatic N) is 3. The molecule has 61 heavy (non-hydrogen) atoms. The lowest BCUT2D eigenvalue weighted by Gasteiger charge is -2.41. The van der Waals surface area contributed by atoms with Crippen molar-refractivity contribution in [3.05, 3.63) is 163 Å². The first-order valence-electron chi connectivity index (χ1n) is 22.0. The minimum Gasteiger partial charge on any atom is -0.464 e. The lowest BCUT2D eigenvalue weighted by atomic mass is 9.69. The quantitative estimate of drug-likeness (QED) is 0.174. The van der Waals surface area contributed by atoms with Gasteiger partial charge in [-0.3, -0.25) is 4.90 Å². The van der Waals surface area contributed by atoms with Gasteiger partial charge >= 0.3 is 0 Å². The van der Waals surface area contributed by atoms with Gasteiger partial charge in [-0.2, -0.15) is 0 Å². The molecule has 0 radical (unpaired) electrons. The van der Waals surface area contributed by atoms with E-state index in [0.717, 1.165) is 45.4 Å². The van der Waals surface area contributed by atoms with Gasteiger partial charge in [0.25, 0.3) is 0 Å². The third-order valence-corrected chi connectivity index (χ3v) is 14.3. The minimum atomic E-state index is -0.674. The van der Waals surface area contributed by atoms with Crippen LogP contribution in [0, 0.1) is 48.5 Å². The van der Waals surface area contributed by atoms with Gasteiger partial charge in [-0.1, -0.05) is 78.8 Å². The van der Waals surface area contributed by atoms with Gasteiger partial charge in [0.05, 0.1) is 11.4 Å². The van der Waals surface area contributed by atoms with E-state index in [-0.39, 0.29) is 22.8 Å². The van der Waals surface area contributed by atoms with E-state index in [9.17, 15) is 0 Å². The molecule has 2 atom stereocenters. The summed E-state index contributed by atoms with van der Waals surface area (Å²) in [4.78, 5) is 12.9. The number of hydrogen-bond donors (Lipinski definition) is 0. The highest BCUT2D eigenvalue weighted by Crippen LogP contribution is 2.58. The number of ether oxygens (including phenoxy) is 2. The van der Waals surface area contributed by atoms with Crippen LogP contribution in [-0.4, -0.2) is 10.9 Å². The maximum atomic E-state index is 7.23. The maximum absolute atomic E-state index is 7.23. The van der Waals surface area contributed by atoms with Crippen molar-refractivity contribution < 1.29 is 9.47 Å². The summed E-state index contributed by atoms with van der Waals surface area (Å²) in [5.74, 6) is 3.37. The van der Waals surface area contributed by atoms with Crippen molar-refractivity contribution in [2.75, 3.05) is 4.90 Å². The molecule has 312 valence electrons. The molecule has 0 amide bonds. The predicted octanol–water partition coefficient (Wildman–Crippen LogP) is 15.0. The molecule has 3 heterocycles. The fraction of sp³-hybridized carbons (Fsp3) is 0.357. The Hall–Kier alpha value is -5.68. The van der Waals surface area contributed by atoms with E-state index in [1.807, 2.05) is 6.20 Å². The summed E-state index contributed by atoms with van der Waals surface area (Å²) in [6.07, 6.45) is 1.90. The highest BCUT2D eigenvalue weighted by atomic mass is 16.5. The molecule has 0 spiro atoms. The van der Waals surface area contributed by atoms with Crippen molar-refractivity contribution in [2.45, 2.75) is 132 Å². The molecule has 5 aromatic carbocycles. The van der Waals surface area contributed by atoms with Crippen LogP contribution in [0.4, 0.5) is 17.2 Å². The fourth-order valence-corrected chi connectivity index (χ4v) is 10.2. The predicted molar refractivity (Wildman–Crippen MR) is 253 cm³/mol. The van der Waals surface area contributed by atoms with E-state index in [1.54, 1.807) is 0 Å². The van der Waals surface area contributed by atoms with E-state index in [2.05, 4.69) is 188 Å². The summed E-state index contributed by atoms with van der Waals surface area (Å²) in [5.41, 5.74) is 21.2. The Morgan fingerprint density at radius 2 is 1.39 bits per heavy atom. The van der Waals surface area contributed by atoms with Gasteiger partial charge in [-0.05, 0) is 182 Å². The molecule has 0 saturated carbocycles. The fourth-order valence-electron chi connectivity index (χ4n) is 10.2. The van der Waals surface area contributed by atoms with Crippen LogP contribution in [0.5, 0.6) is 11.5 Å². The Morgan fingerprint density at radius 3 is 2.10 bits per heavy atom. The first-order valence-corrected chi connectivity index (χ1v) is 22.0. The van der Waals surface area contributed by atoms with Crippen LogP contribution in [0.25, 0.3) is 11.1 Å². The number of aliphatic imine (C=N–C) groups is 1. The van der Waals surface area contributed by atoms with Gasteiger partial charge in [0, 0.05) is 34.4 Å². The van der Waals surface area contributed by atoms with Crippen molar-refractivity contribution in [3.63, 3.8) is 0 Å². The van der Waals surface area contributed by atoms with E-state index in [4.69, 9.17) is 19.5 Å². The van der Waals surface area contributed by atoms with Crippen molar-refractivity contribution in [1.29, 1.82) is 0 Å². The number of aryl methyl sites for hydroxylation is 3. The Balaban J connectivity index is 1.14. The summed E-state index contributed by atoms with van der Waals surface area (Å²) in [7, 11) is 0. The Labute approximate surface area is 363 Å². The van der Waals surface area contributed by atoms with E-state index in [0.29, 0.717) is 5.90 Å². The zero-order valence-electron chi connectivity index (χ0n) is 38.9. The van der Waals surface area contributed by atoms with Crippen LogP contribution < -0.4 is 9.64 Å². The molecule has 9 rings (SSSR count). The largest absolute Gasteiger partial charge is 0.464 e. The van der Waals surface area contributed by atoms with Gasteiger partial charge in [0.1, 0.15) is 23.4 Å². The SMILES string of the molecule is Cc1cc(Oc2cc(C3=N[C@@H]4c5cc(C)c(C)c(C)c5-c5c(cc(C)c(C)c5C)[C@]4(C)O3)cc(C(C)C)c2)cc(N2c3ccc(C(C)(C)C)cc3C(C)(C)c3cccnc32)c1. The van der Waals surface area contributed by atoms with Gasteiger partial charge in [-0.25, -0.2) is 9.98 Å². The molecule has 2 aliphatic heterocycles. The summed E-state index contributed by atoms with van der Waals surface area (Å²) in [6.45, 7) is 33.8. The molecule has 5 nitrogen and oxygen atoms in total. The molecule has 1 aliphatic carbocycles. The highest BCUT2D eigenvalue weighted by molar-refractivity contribution is 5.98. The normalized spacial score (nSPS) is 18.5. The second-order valence-corrected chi connectivity index (χ2v) is 20.2. The molecular weight excluding hydrogens is 747 g/mol. The molecule has 3 aliphatic rings. The zero-order chi connectivity index (χ0) is 43.7. The van der Waals surface area contributed by atoms with Crippen molar-refractivity contribution >= 4 is 23.1 Å². The number of rotatable bonds is 5. The number of hydrogen-bond acceptors (Lipinski definition) is 5. The third kappa shape index (κ3) is 6.33. The lowest BCUT2D eigenvalue weighted by Crippen LogP contribution is -2.34. The number of anilines is 3. The summed E-state index contributed by atoms with van der Waals surface area (Å²) in [5, 5.41) is 0. The van der Waals surface area contributed by atoms with Crippen molar-refractivity contribution in [2.24, 2.45) is 4.99 Å². The molecule has 5 heteroatoms. The molecule has 6 aromatic rings. The van der Waals surface area contributed by atoms with E-state index < -0.39 is 5.60 Å². The molecule has 0 fully saturated rings. The molecule has 0 bridgehead atoms. The van der Waals surface area contributed by atoms with Gasteiger partial charge < -0.3 is 9.47 Å². The minimum absolute atomic E-state index is 0.0209. The third-order valence-electron chi connectivity index (χ3n) is 14.3. The number of aromatic nitrogens is 1. The van der Waals surface area contributed by atoms with Crippen LogP contribution in [0.2, 0.25) is 0 Å². The molecule has 1 aromatic heterocycles. The van der Waals surface area contributed by atoms with Crippen molar-refractivity contribution in [1.82, 2.24) is 4.98 Å². The van der Waals surface area contributed by atoms with Crippen LogP contribution in [0.1, 0.15) is 145 Å². The summed E-state index contributed by atoms with van der Waals surface area (Å²) >= 11 is 0. The van der Waals surface area contributed by atoms with Crippen molar-refractivity contribution in [3.8, 4) is 22.6 Å². The molecular formula is C56H61N3O2. The number of pyridine rings is 1. The maximum Gasteiger partial charge on any atom is 0.217 e. The molecule has 0 saturated heterocycles. The summed E-state index contributed by atoms with van der Waals surface area (Å²) in [6, 6.07) is 28.8. The average Bonchev–Trinajstić information content (AvgIpc) is 3.57.